The van der Waals surface area contributed by atoms with Crippen molar-refractivity contribution in [3.63, 3.8) is 0 Å². The first-order valence-corrected chi connectivity index (χ1v) is 5.45. The summed E-state index contributed by atoms with van der Waals surface area (Å²) in [7, 11) is 0. The second-order valence-corrected chi connectivity index (χ2v) is 4.02. The average molecular weight is 251 g/mol. The summed E-state index contributed by atoms with van der Waals surface area (Å²) in [6, 6.07) is 1.54. The molecular weight excluding hydrogens is 238 g/mol. The topological polar surface area (TPSA) is 96.9 Å². The Hall–Kier alpha value is -2.31. The van der Waals surface area contributed by atoms with Crippen LogP contribution >= 0.6 is 0 Å². The van der Waals surface area contributed by atoms with Crippen molar-refractivity contribution in [2.75, 3.05) is 26.2 Å². The summed E-state index contributed by atoms with van der Waals surface area (Å²) in [5, 5.41) is 0. The van der Waals surface area contributed by atoms with Gasteiger partial charge in [0.15, 0.2) is 0 Å². The van der Waals surface area contributed by atoms with Crippen molar-refractivity contribution in [3.05, 3.63) is 24.2 Å². The molecule has 0 unspecified atom stereocenters. The maximum absolute atomic E-state index is 11.9. The second-order valence-electron chi connectivity index (χ2n) is 4.02. The van der Waals surface area contributed by atoms with Gasteiger partial charge in [-0.3, -0.25) is 14.4 Å². The fraction of sp³-hybridized carbons (Fsp3) is 0.364. The largest absolute Gasteiger partial charge is 0.472 e. The van der Waals surface area contributed by atoms with Crippen LogP contribution in [0, 0.1) is 0 Å². The maximum Gasteiger partial charge on any atom is 0.257 e. The van der Waals surface area contributed by atoms with Gasteiger partial charge in [0, 0.05) is 13.1 Å². The average Bonchev–Trinajstić information content (AvgIpc) is 2.84. The first-order chi connectivity index (χ1) is 8.58. The van der Waals surface area contributed by atoms with Gasteiger partial charge in [0.05, 0.1) is 18.4 Å². The molecule has 2 rings (SSSR count). The summed E-state index contributed by atoms with van der Waals surface area (Å²) in [6.45, 7) is 0.540. The summed E-state index contributed by atoms with van der Waals surface area (Å²) in [6.07, 6.45) is 2.74. The van der Waals surface area contributed by atoms with E-state index in [0.29, 0.717) is 18.7 Å². The Morgan fingerprint density at radius 2 is 2.17 bits per heavy atom. The van der Waals surface area contributed by atoms with Gasteiger partial charge >= 0.3 is 0 Å². The number of rotatable bonds is 3. The molecule has 1 aliphatic heterocycles. The Labute approximate surface area is 103 Å². The van der Waals surface area contributed by atoms with E-state index in [0.717, 1.165) is 0 Å². The first kappa shape index (κ1) is 12.2. The van der Waals surface area contributed by atoms with E-state index in [-0.39, 0.29) is 24.9 Å². The van der Waals surface area contributed by atoms with Crippen LogP contribution in [-0.2, 0) is 9.59 Å². The molecule has 0 bridgehead atoms. The summed E-state index contributed by atoms with van der Waals surface area (Å²) in [5.74, 6) is -1.09. The Morgan fingerprint density at radius 1 is 1.39 bits per heavy atom. The number of hydrogen-bond acceptors (Lipinski definition) is 4. The van der Waals surface area contributed by atoms with Gasteiger partial charge in [0.2, 0.25) is 11.8 Å². The van der Waals surface area contributed by atoms with Crippen LogP contribution in [0.5, 0.6) is 0 Å². The standard InChI is InChI=1S/C11H13N3O4/c12-9(15)5-13-2-3-14(6-10(13)16)11(17)8-1-4-18-7-8/h1,4,7H,2-3,5-6H2,(H2,12,15). The lowest BCUT2D eigenvalue weighted by molar-refractivity contribution is -0.138. The SMILES string of the molecule is NC(=O)CN1CCN(C(=O)c2ccoc2)CC1=O. The van der Waals surface area contributed by atoms with Crippen molar-refractivity contribution in [2.45, 2.75) is 0 Å². The lowest BCUT2D eigenvalue weighted by Crippen LogP contribution is -2.54. The van der Waals surface area contributed by atoms with Gasteiger partial charge < -0.3 is 20.0 Å². The number of piperazine rings is 1. The van der Waals surface area contributed by atoms with Gasteiger partial charge in [-0.1, -0.05) is 0 Å². The smallest absolute Gasteiger partial charge is 0.257 e. The van der Waals surface area contributed by atoms with Crippen molar-refractivity contribution < 1.29 is 18.8 Å². The molecule has 0 saturated carbocycles. The number of amides is 3. The van der Waals surface area contributed by atoms with Crippen LogP contribution in [0.1, 0.15) is 10.4 Å². The highest BCUT2D eigenvalue weighted by atomic mass is 16.3. The van der Waals surface area contributed by atoms with Gasteiger partial charge in [-0.2, -0.15) is 0 Å². The number of hydrogen-bond donors (Lipinski definition) is 1. The normalized spacial score (nSPS) is 15.9. The lowest BCUT2D eigenvalue weighted by Gasteiger charge is -2.33. The Morgan fingerprint density at radius 3 is 2.72 bits per heavy atom. The lowest BCUT2D eigenvalue weighted by atomic mass is 10.2. The zero-order valence-corrected chi connectivity index (χ0v) is 9.67. The van der Waals surface area contributed by atoms with E-state index in [2.05, 4.69) is 0 Å². The third-order valence-electron chi connectivity index (χ3n) is 2.72. The molecule has 18 heavy (non-hydrogen) atoms. The van der Waals surface area contributed by atoms with Gasteiger partial charge in [-0.05, 0) is 6.07 Å². The molecule has 2 heterocycles. The van der Waals surface area contributed by atoms with Crippen LogP contribution < -0.4 is 5.73 Å². The Bertz CT molecular complexity index is 469. The summed E-state index contributed by atoms with van der Waals surface area (Å²) in [4.78, 5) is 37.2. The fourth-order valence-electron chi connectivity index (χ4n) is 1.81. The van der Waals surface area contributed by atoms with Crippen molar-refractivity contribution >= 4 is 17.7 Å². The molecule has 7 nitrogen and oxygen atoms in total. The van der Waals surface area contributed by atoms with E-state index < -0.39 is 5.91 Å². The summed E-state index contributed by atoms with van der Waals surface area (Å²) < 4.78 is 4.82. The van der Waals surface area contributed by atoms with E-state index in [1.54, 1.807) is 6.07 Å². The highest BCUT2D eigenvalue weighted by Gasteiger charge is 2.28. The third-order valence-corrected chi connectivity index (χ3v) is 2.72. The minimum absolute atomic E-state index is 0.0444. The molecule has 1 aliphatic rings. The molecule has 0 aliphatic carbocycles. The van der Waals surface area contributed by atoms with Crippen LogP contribution in [0.15, 0.2) is 23.0 Å². The minimum Gasteiger partial charge on any atom is -0.472 e. The fourth-order valence-corrected chi connectivity index (χ4v) is 1.81. The molecule has 0 spiro atoms. The molecule has 96 valence electrons. The molecular formula is C11H13N3O4. The number of primary amides is 1. The van der Waals surface area contributed by atoms with Crippen LogP contribution in [0.2, 0.25) is 0 Å². The minimum atomic E-state index is -0.557. The van der Waals surface area contributed by atoms with Gasteiger partial charge in [-0.15, -0.1) is 0 Å². The predicted molar refractivity (Wildman–Crippen MR) is 60.4 cm³/mol. The number of carbonyl (C=O) groups excluding carboxylic acids is 3. The molecule has 3 amide bonds. The molecule has 7 heteroatoms. The van der Waals surface area contributed by atoms with E-state index in [9.17, 15) is 14.4 Å². The third kappa shape index (κ3) is 2.50. The predicted octanol–water partition coefficient (Wildman–Crippen LogP) is -0.951. The first-order valence-electron chi connectivity index (χ1n) is 5.45. The number of furan rings is 1. The number of nitrogens with zero attached hydrogens (tertiary/aromatic N) is 2. The molecule has 0 aromatic carbocycles. The summed E-state index contributed by atoms with van der Waals surface area (Å²) in [5.41, 5.74) is 5.44. The van der Waals surface area contributed by atoms with Crippen LogP contribution in [0.3, 0.4) is 0 Å². The quantitative estimate of drug-likeness (QED) is 0.749. The highest BCUT2D eigenvalue weighted by Crippen LogP contribution is 2.09. The van der Waals surface area contributed by atoms with E-state index in [1.165, 1.54) is 22.3 Å². The molecule has 1 aromatic rings. The van der Waals surface area contributed by atoms with Crippen molar-refractivity contribution in [1.82, 2.24) is 9.80 Å². The Balaban J connectivity index is 1.98. The molecule has 1 saturated heterocycles. The van der Waals surface area contributed by atoms with Gasteiger partial charge in [-0.25, -0.2) is 0 Å². The molecule has 1 aromatic heterocycles. The van der Waals surface area contributed by atoms with E-state index in [1.807, 2.05) is 0 Å². The van der Waals surface area contributed by atoms with Crippen molar-refractivity contribution in [2.24, 2.45) is 5.73 Å². The van der Waals surface area contributed by atoms with Crippen molar-refractivity contribution in [3.8, 4) is 0 Å². The molecule has 2 N–H and O–H groups in total. The highest BCUT2D eigenvalue weighted by molar-refractivity contribution is 5.97. The second kappa shape index (κ2) is 4.91. The molecule has 0 atom stereocenters. The van der Waals surface area contributed by atoms with Crippen molar-refractivity contribution in [1.29, 1.82) is 0 Å². The van der Waals surface area contributed by atoms with Crippen LogP contribution in [0.25, 0.3) is 0 Å². The van der Waals surface area contributed by atoms with Gasteiger partial charge in [0.25, 0.3) is 5.91 Å². The van der Waals surface area contributed by atoms with Crippen LogP contribution in [0.4, 0.5) is 0 Å². The number of nitrogens with two attached hydrogens (primary N) is 1. The van der Waals surface area contributed by atoms with Gasteiger partial charge in [0.1, 0.15) is 12.8 Å². The zero-order valence-electron chi connectivity index (χ0n) is 9.67. The van der Waals surface area contributed by atoms with E-state index in [4.69, 9.17) is 10.2 Å². The number of carbonyl (C=O) groups is 3. The van der Waals surface area contributed by atoms with E-state index >= 15 is 0 Å². The maximum atomic E-state index is 11.9. The van der Waals surface area contributed by atoms with Crippen LogP contribution in [-0.4, -0.2) is 53.7 Å². The zero-order chi connectivity index (χ0) is 13.1. The molecule has 0 radical (unpaired) electrons. The Kier molecular flexibility index (Phi) is 3.31. The monoisotopic (exact) mass is 251 g/mol. The summed E-state index contributed by atoms with van der Waals surface area (Å²) >= 11 is 0. The molecule has 1 fully saturated rings.